The number of aromatic nitrogens is 3. The molecule has 0 unspecified atom stereocenters. The highest BCUT2D eigenvalue weighted by atomic mass is 32.1. The fraction of sp³-hybridized carbons (Fsp3) is 0.118. The van der Waals surface area contributed by atoms with Crippen LogP contribution in [0.15, 0.2) is 48.1 Å². The van der Waals surface area contributed by atoms with Crippen molar-refractivity contribution in [3.8, 4) is 5.82 Å². The minimum atomic E-state index is -0.705. The van der Waals surface area contributed by atoms with Crippen molar-refractivity contribution in [1.29, 1.82) is 0 Å². The standard InChI is InChI=1S/C17H14N4O4S/c1-11-12(9-19-21(11)14-6-2-3-7-18-14)17(24)25-10-15(22)20-16(23)13-5-4-8-26-13/h2-9H,10H2,1H3,(H,20,22,23). The van der Waals surface area contributed by atoms with Gasteiger partial charge in [-0.05, 0) is 30.5 Å². The van der Waals surface area contributed by atoms with E-state index >= 15 is 0 Å². The van der Waals surface area contributed by atoms with Crippen molar-refractivity contribution in [1.82, 2.24) is 20.1 Å². The van der Waals surface area contributed by atoms with E-state index in [4.69, 9.17) is 4.74 Å². The molecule has 3 rings (SSSR count). The highest BCUT2D eigenvalue weighted by Gasteiger charge is 2.19. The highest BCUT2D eigenvalue weighted by molar-refractivity contribution is 7.12. The summed E-state index contributed by atoms with van der Waals surface area (Å²) in [6.45, 7) is 1.13. The maximum absolute atomic E-state index is 12.2. The molecular formula is C17H14N4O4S. The van der Waals surface area contributed by atoms with Gasteiger partial charge in [-0.15, -0.1) is 11.3 Å². The molecule has 0 aromatic carbocycles. The first kappa shape index (κ1) is 17.5. The molecule has 0 bridgehead atoms. The third kappa shape index (κ3) is 3.83. The summed E-state index contributed by atoms with van der Waals surface area (Å²) in [6.07, 6.45) is 2.96. The van der Waals surface area contributed by atoms with Crippen LogP contribution in [-0.4, -0.2) is 39.2 Å². The predicted molar refractivity (Wildman–Crippen MR) is 93.2 cm³/mol. The lowest BCUT2D eigenvalue weighted by Gasteiger charge is -2.06. The molecule has 0 atom stereocenters. The molecule has 0 spiro atoms. The van der Waals surface area contributed by atoms with Gasteiger partial charge in [-0.25, -0.2) is 14.5 Å². The van der Waals surface area contributed by atoms with Crippen LogP contribution in [0.5, 0.6) is 0 Å². The number of thiophene rings is 1. The fourth-order valence-electron chi connectivity index (χ4n) is 2.16. The van der Waals surface area contributed by atoms with Gasteiger partial charge in [-0.1, -0.05) is 12.1 Å². The van der Waals surface area contributed by atoms with Crippen LogP contribution in [0, 0.1) is 6.92 Å². The number of ether oxygens (including phenoxy) is 1. The second kappa shape index (κ2) is 7.70. The number of pyridine rings is 1. The van der Waals surface area contributed by atoms with Gasteiger partial charge >= 0.3 is 5.97 Å². The van der Waals surface area contributed by atoms with Gasteiger partial charge in [0.2, 0.25) is 0 Å². The number of hydrogen-bond acceptors (Lipinski definition) is 7. The zero-order valence-corrected chi connectivity index (χ0v) is 14.5. The summed E-state index contributed by atoms with van der Waals surface area (Å²) in [4.78, 5) is 40.3. The monoisotopic (exact) mass is 370 g/mol. The van der Waals surface area contributed by atoms with Crippen molar-refractivity contribution in [2.24, 2.45) is 0 Å². The Morgan fingerprint density at radius 2 is 2.08 bits per heavy atom. The summed E-state index contributed by atoms with van der Waals surface area (Å²) >= 11 is 1.21. The Bertz CT molecular complexity index is 935. The maximum atomic E-state index is 12.2. The molecule has 26 heavy (non-hydrogen) atoms. The molecule has 0 fully saturated rings. The molecule has 3 aromatic heterocycles. The van der Waals surface area contributed by atoms with Crippen LogP contribution in [0.1, 0.15) is 25.7 Å². The lowest BCUT2D eigenvalue weighted by atomic mass is 10.2. The Hall–Kier alpha value is -3.33. The SMILES string of the molecule is Cc1c(C(=O)OCC(=O)NC(=O)c2cccs2)cnn1-c1ccccn1. The van der Waals surface area contributed by atoms with Crippen molar-refractivity contribution < 1.29 is 19.1 Å². The van der Waals surface area contributed by atoms with Crippen LogP contribution in [-0.2, 0) is 9.53 Å². The summed E-state index contributed by atoms with van der Waals surface area (Å²) < 4.78 is 6.46. The quantitative estimate of drug-likeness (QED) is 0.687. The average Bonchev–Trinajstić information content (AvgIpc) is 3.30. The molecule has 8 nitrogen and oxygen atoms in total. The summed E-state index contributed by atoms with van der Waals surface area (Å²) in [6, 6.07) is 8.61. The molecule has 2 amide bonds. The van der Waals surface area contributed by atoms with Crippen molar-refractivity contribution in [2.75, 3.05) is 6.61 Å². The van der Waals surface area contributed by atoms with Gasteiger partial charge in [-0.2, -0.15) is 5.10 Å². The summed E-state index contributed by atoms with van der Waals surface area (Å²) in [5.41, 5.74) is 0.747. The van der Waals surface area contributed by atoms with E-state index in [1.54, 1.807) is 48.8 Å². The number of carbonyl (C=O) groups excluding carboxylic acids is 3. The number of imide groups is 1. The van der Waals surface area contributed by atoms with E-state index in [0.717, 1.165) is 0 Å². The molecule has 0 aliphatic rings. The normalized spacial score (nSPS) is 10.3. The minimum absolute atomic E-state index is 0.216. The van der Waals surface area contributed by atoms with Crippen LogP contribution >= 0.6 is 11.3 Å². The molecular weight excluding hydrogens is 356 g/mol. The molecule has 0 aliphatic carbocycles. The van der Waals surface area contributed by atoms with Crippen LogP contribution < -0.4 is 5.32 Å². The lowest BCUT2D eigenvalue weighted by Crippen LogP contribution is -2.33. The van der Waals surface area contributed by atoms with E-state index in [2.05, 4.69) is 15.4 Å². The molecule has 1 N–H and O–H groups in total. The Balaban J connectivity index is 1.59. The van der Waals surface area contributed by atoms with Crippen molar-refractivity contribution >= 4 is 29.1 Å². The molecule has 3 aromatic rings. The van der Waals surface area contributed by atoms with Gasteiger partial charge in [0, 0.05) is 6.20 Å². The first-order valence-electron chi connectivity index (χ1n) is 7.57. The Kier molecular flexibility index (Phi) is 5.18. The fourth-order valence-corrected chi connectivity index (χ4v) is 2.78. The number of nitrogens with zero attached hydrogens (tertiary/aromatic N) is 3. The lowest BCUT2D eigenvalue weighted by molar-refractivity contribution is -0.123. The number of carbonyl (C=O) groups is 3. The number of rotatable bonds is 5. The summed E-state index contributed by atoms with van der Waals surface area (Å²) in [7, 11) is 0. The molecule has 0 saturated heterocycles. The van der Waals surface area contributed by atoms with Crippen molar-refractivity contribution in [2.45, 2.75) is 6.92 Å². The van der Waals surface area contributed by atoms with Crippen molar-refractivity contribution in [3.05, 3.63) is 64.2 Å². The van der Waals surface area contributed by atoms with Gasteiger partial charge < -0.3 is 4.74 Å². The minimum Gasteiger partial charge on any atom is -0.452 e. The Morgan fingerprint density at radius 3 is 2.77 bits per heavy atom. The topological polar surface area (TPSA) is 103 Å². The molecule has 0 saturated carbocycles. The largest absolute Gasteiger partial charge is 0.452 e. The third-order valence-corrected chi connectivity index (χ3v) is 4.30. The molecule has 132 valence electrons. The van der Waals surface area contributed by atoms with E-state index in [-0.39, 0.29) is 5.56 Å². The number of esters is 1. The van der Waals surface area contributed by atoms with Crippen LogP contribution in [0.3, 0.4) is 0 Å². The predicted octanol–water partition coefficient (Wildman–Crippen LogP) is 1.75. The zero-order valence-electron chi connectivity index (χ0n) is 13.7. The number of amides is 2. The molecule has 3 heterocycles. The molecule has 0 radical (unpaired) electrons. The average molecular weight is 370 g/mol. The number of hydrogen-bond donors (Lipinski definition) is 1. The molecule has 0 aliphatic heterocycles. The van der Waals surface area contributed by atoms with E-state index in [9.17, 15) is 14.4 Å². The van der Waals surface area contributed by atoms with E-state index < -0.39 is 24.4 Å². The second-order valence-corrected chi connectivity index (χ2v) is 6.12. The smallest absolute Gasteiger partial charge is 0.342 e. The van der Waals surface area contributed by atoms with Crippen molar-refractivity contribution in [3.63, 3.8) is 0 Å². The number of nitrogens with one attached hydrogen (secondary N) is 1. The van der Waals surface area contributed by atoms with Gasteiger partial charge in [-0.3, -0.25) is 14.9 Å². The van der Waals surface area contributed by atoms with Crippen LogP contribution in [0.2, 0.25) is 0 Å². The first-order valence-corrected chi connectivity index (χ1v) is 8.45. The zero-order chi connectivity index (χ0) is 18.5. The maximum Gasteiger partial charge on any atom is 0.342 e. The Labute approximate surface area is 152 Å². The third-order valence-electron chi connectivity index (χ3n) is 3.43. The summed E-state index contributed by atoms with van der Waals surface area (Å²) in [5, 5.41) is 8.00. The van der Waals surface area contributed by atoms with Gasteiger partial charge in [0.15, 0.2) is 12.4 Å². The van der Waals surface area contributed by atoms with Crippen LogP contribution in [0.25, 0.3) is 5.82 Å². The molecule has 9 heteroatoms. The Morgan fingerprint density at radius 1 is 1.23 bits per heavy atom. The second-order valence-electron chi connectivity index (χ2n) is 5.17. The van der Waals surface area contributed by atoms with E-state index in [0.29, 0.717) is 16.4 Å². The van der Waals surface area contributed by atoms with Gasteiger partial charge in [0.25, 0.3) is 11.8 Å². The summed E-state index contributed by atoms with van der Waals surface area (Å²) in [5.74, 6) is -1.38. The highest BCUT2D eigenvalue weighted by Crippen LogP contribution is 2.13. The van der Waals surface area contributed by atoms with E-state index in [1.807, 2.05) is 0 Å². The van der Waals surface area contributed by atoms with Crippen LogP contribution in [0.4, 0.5) is 0 Å². The van der Waals surface area contributed by atoms with Gasteiger partial charge in [0.05, 0.1) is 16.8 Å². The van der Waals surface area contributed by atoms with E-state index in [1.165, 1.54) is 22.2 Å². The first-order chi connectivity index (χ1) is 12.6. The van der Waals surface area contributed by atoms with Gasteiger partial charge in [0.1, 0.15) is 5.56 Å².